The first-order valence-corrected chi connectivity index (χ1v) is 7.96. The average Bonchev–Trinajstić information content (AvgIpc) is 2.96. The maximum absolute atomic E-state index is 9.05. The van der Waals surface area contributed by atoms with E-state index in [-0.39, 0.29) is 6.61 Å². The van der Waals surface area contributed by atoms with Gasteiger partial charge >= 0.3 is 0 Å². The summed E-state index contributed by atoms with van der Waals surface area (Å²) >= 11 is 12.0. The fourth-order valence-corrected chi connectivity index (χ4v) is 2.41. The van der Waals surface area contributed by atoms with E-state index in [2.05, 4.69) is 15.1 Å². The van der Waals surface area contributed by atoms with Crippen molar-refractivity contribution in [3.05, 3.63) is 45.6 Å². The molecular weight excluding hydrogens is 325 g/mol. The molecule has 0 fully saturated rings. The molecule has 22 heavy (non-hydrogen) atoms. The van der Waals surface area contributed by atoms with Crippen molar-refractivity contribution in [2.75, 3.05) is 13.2 Å². The van der Waals surface area contributed by atoms with Gasteiger partial charge in [0.15, 0.2) is 0 Å². The summed E-state index contributed by atoms with van der Waals surface area (Å²) in [6.07, 6.45) is 1.40. The van der Waals surface area contributed by atoms with Crippen molar-refractivity contribution in [3.8, 4) is 0 Å². The van der Waals surface area contributed by atoms with Gasteiger partial charge in [0.05, 0.1) is 16.6 Å². The van der Waals surface area contributed by atoms with Crippen LogP contribution in [0.15, 0.2) is 22.6 Å². The number of nitrogens with zero attached hydrogens (tertiary/aromatic N) is 3. The Morgan fingerprint density at radius 3 is 2.55 bits per heavy atom. The van der Waals surface area contributed by atoms with Gasteiger partial charge in [-0.15, -0.1) is 10.2 Å². The van der Waals surface area contributed by atoms with Gasteiger partial charge in [0.25, 0.3) is 0 Å². The van der Waals surface area contributed by atoms with Crippen molar-refractivity contribution in [2.24, 2.45) is 0 Å². The Morgan fingerprint density at radius 1 is 1.14 bits per heavy atom. The lowest BCUT2D eigenvalue weighted by atomic mass is 10.2. The lowest BCUT2D eigenvalue weighted by molar-refractivity contribution is 0.197. The monoisotopic (exact) mass is 343 g/mol. The summed E-state index contributed by atoms with van der Waals surface area (Å²) in [6, 6.07) is 5.57. The van der Waals surface area contributed by atoms with Crippen LogP contribution < -0.4 is 0 Å². The van der Waals surface area contributed by atoms with Crippen molar-refractivity contribution in [2.45, 2.75) is 32.9 Å². The van der Waals surface area contributed by atoms with E-state index >= 15 is 0 Å². The highest BCUT2D eigenvalue weighted by molar-refractivity contribution is 6.42. The number of halogens is 2. The highest BCUT2D eigenvalue weighted by atomic mass is 35.5. The Morgan fingerprint density at radius 2 is 1.91 bits per heavy atom. The maximum atomic E-state index is 9.05. The number of hydrogen-bond donors (Lipinski definition) is 1. The van der Waals surface area contributed by atoms with Crippen LogP contribution in [0.5, 0.6) is 0 Å². The minimum Gasteiger partial charge on any atom is -0.424 e. The van der Waals surface area contributed by atoms with Gasteiger partial charge in [-0.05, 0) is 24.1 Å². The number of hydrogen-bond acceptors (Lipinski definition) is 5. The molecule has 5 nitrogen and oxygen atoms in total. The molecular formula is C15H19Cl2N3O2. The SMILES string of the molecule is CCc1nnc(CN(CCCO)Cc2ccc(Cl)c(Cl)c2)o1. The summed E-state index contributed by atoms with van der Waals surface area (Å²) in [4.78, 5) is 2.13. The zero-order chi connectivity index (χ0) is 15.9. The molecule has 1 heterocycles. The molecule has 0 atom stereocenters. The highest BCUT2D eigenvalue weighted by Crippen LogP contribution is 2.23. The summed E-state index contributed by atoms with van der Waals surface area (Å²) in [5, 5.41) is 18.1. The summed E-state index contributed by atoms with van der Waals surface area (Å²) in [5.74, 6) is 1.21. The number of aliphatic hydroxyl groups is 1. The van der Waals surface area contributed by atoms with E-state index in [0.717, 1.165) is 18.5 Å². The van der Waals surface area contributed by atoms with Gasteiger partial charge in [-0.1, -0.05) is 36.2 Å². The summed E-state index contributed by atoms with van der Waals surface area (Å²) in [6.45, 7) is 4.03. The number of benzene rings is 1. The van der Waals surface area contributed by atoms with Gasteiger partial charge in [0.1, 0.15) is 0 Å². The van der Waals surface area contributed by atoms with Gasteiger partial charge in [-0.25, -0.2) is 0 Å². The van der Waals surface area contributed by atoms with E-state index in [1.165, 1.54) is 0 Å². The zero-order valence-electron chi connectivity index (χ0n) is 12.4. The summed E-state index contributed by atoms with van der Waals surface area (Å²) in [7, 11) is 0. The predicted octanol–water partition coefficient (Wildman–Crippen LogP) is 3.32. The number of aliphatic hydroxyl groups excluding tert-OH is 1. The average molecular weight is 344 g/mol. The van der Waals surface area contributed by atoms with Gasteiger partial charge in [0, 0.05) is 26.1 Å². The van der Waals surface area contributed by atoms with E-state index in [4.69, 9.17) is 32.7 Å². The Kier molecular flexibility index (Phi) is 6.64. The molecule has 2 aromatic rings. The molecule has 0 unspecified atom stereocenters. The summed E-state index contributed by atoms with van der Waals surface area (Å²) < 4.78 is 5.55. The molecule has 1 aromatic heterocycles. The molecule has 0 amide bonds. The van der Waals surface area contributed by atoms with Crippen LogP contribution >= 0.6 is 23.2 Å². The second-order valence-corrected chi connectivity index (χ2v) is 5.79. The third-order valence-electron chi connectivity index (χ3n) is 3.19. The molecule has 0 spiro atoms. The van der Waals surface area contributed by atoms with Crippen molar-refractivity contribution >= 4 is 23.2 Å². The van der Waals surface area contributed by atoms with Crippen LogP contribution in [0.2, 0.25) is 10.0 Å². The Labute approximate surface area is 139 Å². The molecule has 0 aliphatic heterocycles. The first-order chi connectivity index (χ1) is 10.6. The third kappa shape index (κ3) is 4.95. The molecule has 0 aliphatic carbocycles. The van der Waals surface area contributed by atoms with Crippen LogP contribution in [0.3, 0.4) is 0 Å². The van der Waals surface area contributed by atoms with E-state index in [1.54, 1.807) is 6.07 Å². The van der Waals surface area contributed by atoms with Crippen LogP contribution in [-0.2, 0) is 19.5 Å². The van der Waals surface area contributed by atoms with Crippen LogP contribution in [0, 0.1) is 0 Å². The van der Waals surface area contributed by atoms with Crippen molar-refractivity contribution < 1.29 is 9.52 Å². The minimum absolute atomic E-state index is 0.141. The fourth-order valence-electron chi connectivity index (χ4n) is 2.09. The smallest absolute Gasteiger partial charge is 0.230 e. The quantitative estimate of drug-likeness (QED) is 0.796. The molecule has 1 aromatic carbocycles. The lowest BCUT2D eigenvalue weighted by Crippen LogP contribution is -2.25. The van der Waals surface area contributed by atoms with Crippen molar-refractivity contribution in [1.29, 1.82) is 0 Å². The van der Waals surface area contributed by atoms with E-state index < -0.39 is 0 Å². The standard InChI is InChI=1S/C15H19Cl2N3O2/c1-2-14-18-19-15(22-14)10-20(6-3-7-21)9-11-4-5-12(16)13(17)8-11/h4-5,8,21H,2-3,6-7,9-10H2,1H3. The van der Waals surface area contributed by atoms with Crippen molar-refractivity contribution in [1.82, 2.24) is 15.1 Å². The first-order valence-electron chi connectivity index (χ1n) is 7.20. The predicted molar refractivity (Wildman–Crippen MR) is 86.0 cm³/mol. The van der Waals surface area contributed by atoms with Crippen LogP contribution in [0.25, 0.3) is 0 Å². The van der Waals surface area contributed by atoms with Crippen LogP contribution in [0.1, 0.15) is 30.7 Å². The molecule has 0 saturated carbocycles. The van der Waals surface area contributed by atoms with E-state index in [1.807, 2.05) is 19.1 Å². The number of aromatic nitrogens is 2. The van der Waals surface area contributed by atoms with Crippen molar-refractivity contribution in [3.63, 3.8) is 0 Å². The molecule has 0 saturated heterocycles. The largest absolute Gasteiger partial charge is 0.424 e. The van der Waals surface area contributed by atoms with Crippen LogP contribution in [0.4, 0.5) is 0 Å². The normalized spacial score (nSPS) is 11.3. The number of aryl methyl sites for hydroxylation is 1. The lowest BCUT2D eigenvalue weighted by Gasteiger charge is -2.20. The highest BCUT2D eigenvalue weighted by Gasteiger charge is 2.12. The van der Waals surface area contributed by atoms with Gasteiger partial charge < -0.3 is 9.52 Å². The van der Waals surface area contributed by atoms with Gasteiger partial charge in [-0.3, -0.25) is 4.90 Å². The zero-order valence-corrected chi connectivity index (χ0v) is 13.9. The Bertz CT molecular complexity index is 604. The molecule has 7 heteroatoms. The van der Waals surface area contributed by atoms with Gasteiger partial charge in [-0.2, -0.15) is 0 Å². The minimum atomic E-state index is 0.141. The second-order valence-electron chi connectivity index (χ2n) is 4.98. The van der Waals surface area contributed by atoms with E-state index in [0.29, 0.717) is 41.3 Å². The molecule has 0 radical (unpaired) electrons. The molecule has 2 rings (SSSR count). The Hall–Kier alpha value is -1.14. The molecule has 1 N–H and O–H groups in total. The van der Waals surface area contributed by atoms with E-state index in [9.17, 15) is 0 Å². The third-order valence-corrected chi connectivity index (χ3v) is 3.93. The Balaban J connectivity index is 2.05. The summed E-state index contributed by atoms with van der Waals surface area (Å²) in [5.41, 5.74) is 1.04. The topological polar surface area (TPSA) is 62.4 Å². The van der Waals surface area contributed by atoms with Gasteiger partial charge in [0.2, 0.25) is 11.8 Å². The fraction of sp³-hybridized carbons (Fsp3) is 0.467. The molecule has 0 bridgehead atoms. The second kappa shape index (κ2) is 8.48. The first kappa shape index (κ1) is 17.2. The maximum Gasteiger partial charge on any atom is 0.230 e. The van der Waals surface area contributed by atoms with Crippen LogP contribution in [-0.4, -0.2) is 33.4 Å². The molecule has 120 valence electrons. The molecule has 0 aliphatic rings. The number of rotatable bonds is 8.